The van der Waals surface area contributed by atoms with Crippen molar-refractivity contribution < 1.29 is 13.9 Å². The van der Waals surface area contributed by atoms with Gasteiger partial charge in [-0.15, -0.1) is 0 Å². The fraction of sp³-hybridized carbons (Fsp3) is 0.200. The highest BCUT2D eigenvalue weighted by atomic mass is 79.9. The number of hydrogen-bond donors (Lipinski definition) is 1. The van der Waals surface area contributed by atoms with Crippen molar-refractivity contribution in [1.82, 2.24) is 4.98 Å². The minimum Gasteiger partial charge on any atom is -0.496 e. The maximum absolute atomic E-state index is 12.9. The van der Waals surface area contributed by atoms with Crippen molar-refractivity contribution in [2.75, 3.05) is 12.4 Å². The topological polar surface area (TPSA) is 64.4 Å². The van der Waals surface area contributed by atoms with Crippen molar-refractivity contribution in [3.63, 3.8) is 0 Å². The smallest absolute Gasteiger partial charge is 0.259 e. The normalized spacial score (nSPS) is 11.2. The molecular weight excluding hydrogens is 456 g/mol. The van der Waals surface area contributed by atoms with Crippen molar-refractivity contribution in [2.45, 2.75) is 26.7 Å². The van der Waals surface area contributed by atoms with E-state index in [1.54, 1.807) is 25.3 Å². The number of ether oxygens (including phenoxy) is 1. The predicted molar refractivity (Wildman–Crippen MR) is 127 cm³/mol. The molecular formula is C25H23BrN2O3. The molecule has 4 aromatic rings. The van der Waals surface area contributed by atoms with Crippen LogP contribution < -0.4 is 10.1 Å². The van der Waals surface area contributed by atoms with Crippen LogP contribution in [-0.4, -0.2) is 18.0 Å². The minimum absolute atomic E-state index is 0.256. The molecule has 0 fully saturated rings. The lowest BCUT2D eigenvalue weighted by Gasteiger charge is -2.12. The Morgan fingerprint density at radius 1 is 1.10 bits per heavy atom. The summed E-state index contributed by atoms with van der Waals surface area (Å²) in [6, 6.07) is 17.3. The summed E-state index contributed by atoms with van der Waals surface area (Å²) in [5.41, 5.74) is 5.49. The quantitative estimate of drug-likeness (QED) is 0.337. The first-order chi connectivity index (χ1) is 14.9. The molecule has 0 saturated carbocycles. The summed E-state index contributed by atoms with van der Waals surface area (Å²) >= 11 is 3.44. The van der Waals surface area contributed by atoms with E-state index in [0.29, 0.717) is 39.9 Å². The van der Waals surface area contributed by atoms with Crippen LogP contribution in [0.2, 0.25) is 0 Å². The molecule has 1 N–H and O–H groups in total. The maximum Gasteiger partial charge on any atom is 0.259 e. The van der Waals surface area contributed by atoms with E-state index in [1.807, 2.05) is 31.2 Å². The van der Waals surface area contributed by atoms with Crippen LogP contribution in [0.25, 0.3) is 22.6 Å². The average Bonchev–Trinajstić information content (AvgIpc) is 3.16. The highest BCUT2D eigenvalue weighted by Gasteiger charge is 2.17. The molecule has 0 atom stereocenters. The number of halogens is 1. The van der Waals surface area contributed by atoms with Gasteiger partial charge in [0, 0.05) is 15.7 Å². The van der Waals surface area contributed by atoms with E-state index in [2.05, 4.69) is 52.2 Å². The van der Waals surface area contributed by atoms with Gasteiger partial charge in [0.25, 0.3) is 5.91 Å². The molecule has 31 heavy (non-hydrogen) atoms. The van der Waals surface area contributed by atoms with Crippen LogP contribution in [0, 0.1) is 6.92 Å². The van der Waals surface area contributed by atoms with Crippen LogP contribution in [-0.2, 0) is 0 Å². The molecule has 0 aliphatic carbocycles. The van der Waals surface area contributed by atoms with E-state index < -0.39 is 0 Å². The summed E-state index contributed by atoms with van der Waals surface area (Å²) in [5, 5.41) is 2.93. The number of methoxy groups -OCH3 is 1. The van der Waals surface area contributed by atoms with Gasteiger partial charge in [-0.3, -0.25) is 4.79 Å². The van der Waals surface area contributed by atoms with Gasteiger partial charge in [-0.2, -0.15) is 0 Å². The molecule has 6 heteroatoms. The summed E-state index contributed by atoms with van der Waals surface area (Å²) in [4.78, 5) is 17.5. The van der Waals surface area contributed by atoms with Gasteiger partial charge in [-0.05, 0) is 66.4 Å². The summed E-state index contributed by atoms with van der Waals surface area (Å²) in [6.45, 7) is 6.22. The Bertz CT molecular complexity index is 1260. The number of nitrogens with zero attached hydrogens (tertiary/aromatic N) is 1. The molecule has 0 bridgehead atoms. The molecule has 0 saturated heterocycles. The van der Waals surface area contributed by atoms with Gasteiger partial charge in [-0.1, -0.05) is 41.9 Å². The third kappa shape index (κ3) is 4.35. The second-order valence-electron chi connectivity index (χ2n) is 7.74. The largest absolute Gasteiger partial charge is 0.496 e. The van der Waals surface area contributed by atoms with E-state index in [-0.39, 0.29) is 5.91 Å². The van der Waals surface area contributed by atoms with Gasteiger partial charge in [0.1, 0.15) is 11.3 Å². The molecule has 4 rings (SSSR count). The van der Waals surface area contributed by atoms with Gasteiger partial charge in [0.2, 0.25) is 5.89 Å². The first-order valence-corrected chi connectivity index (χ1v) is 10.8. The van der Waals surface area contributed by atoms with E-state index >= 15 is 0 Å². The van der Waals surface area contributed by atoms with E-state index in [0.717, 1.165) is 15.6 Å². The van der Waals surface area contributed by atoms with Gasteiger partial charge >= 0.3 is 0 Å². The lowest BCUT2D eigenvalue weighted by molar-refractivity contribution is 0.102. The lowest BCUT2D eigenvalue weighted by atomic mass is 10.0. The molecule has 0 unspecified atom stereocenters. The monoisotopic (exact) mass is 478 g/mol. The first-order valence-electron chi connectivity index (χ1n) is 10.0. The van der Waals surface area contributed by atoms with Crippen molar-refractivity contribution in [1.29, 1.82) is 0 Å². The van der Waals surface area contributed by atoms with Crippen molar-refractivity contribution in [3.05, 3.63) is 75.8 Å². The van der Waals surface area contributed by atoms with Crippen LogP contribution in [0.4, 0.5) is 5.69 Å². The Hall–Kier alpha value is -3.12. The first kappa shape index (κ1) is 21.1. The van der Waals surface area contributed by atoms with Crippen LogP contribution in [0.3, 0.4) is 0 Å². The van der Waals surface area contributed by atoms with E-state index in [9.17, 15) is 4.79 Å². The summed E-state index contributed by atoms with van der Waals surface area (Å²) in [6.07, 6.45) is 0. The SMILES string of the molecule is COc1c(C)cc(Br)cc1C(=O)Nc1ccc2oc(-c3ccc(C(C)C)cc3)nc2c1. The van der Waals surface area contributed by atoms with Crippen LogP contribution >= 0.6 is 15.9 Å². The lowest BCUT2D eigenvalue weighted by Crippen LogP contribution is -2.13. The number of rotatable bonds is 5. The molecule has 0 radical (unpaired) electrons. The van der Waals surface area contributed by atoms with Crippen LogP contribution in [0.1, 0.15) is 41.3 Å². The highest BCUT2D eigenvalue weighted by molar-refractivity contribution is 9.10. The number of amides is 1. The number of aromatic nitrogens is 1. The number of fused-ring (bicyclic) bond motifs is 1. The van der Waals surface area contributed by atoms with Crippen molar-refractivity contribution in [3.8, 4) is 17.2 Å². The molecule has 1 amide bonds. The van der Waals surface area contributed by atoms with Gasteiger partial charge < -0.3 is 14.5 Å². The fourth-order valence-electron chi connectivity index (χ4n) is 3.51. The van der Waals surface area contributed by atoms with Crippen molar-refractivity contribution >= 4 is 38.6 Å². The standard InChI is InChI=1S/C25H23BrN2O3/c1-14(2)16-5-7-17(8-6-16)25-28-21-13-19(9-10-22(21)31-25)27-24(29)20-12-18(26)11-15(3)23(20)30-4/h5-14H,1-4H3,(H,27,29). The molecule has 5 nitrogen and oxygen atoms in total. The molecule has 1 aromatic heterocycles. The Kier molecular flexibility index (Phi) is 5.83. The predicted octanol–water partition coefficient (Wildman–Crippen LogP) is 6.95. The van der Waals surface area contributed by atoms with E-state index in [4.69, 9.17) is 9.15 Å². The highest BCUT2D eigenvalue weighted by Crippen LogP contribution is 2.30. The summed E-state index contributed by atoms with van der Waals surface area (Å²) in [5.74, 6) is 1.32. The minimum atomic E-state index is -0.256. The number of nitrogens with one attached hydrogen (secondary N) is 1. The number of anilines is 1. The summed E-state index contributed by atoms with van der Waals surface area (Å²) in [7, 11) is 1.56. The van der Waals surface area contributed by atoms with Crippen LogP contribution in [0.15, 0.2) is 63.5 Å². The number of benzene rings is 3. The Balaban J connectivity index is 1.61. The molecule has 0 spiro atoms. The number of carbonyl (C=O) groups is 1. The number of carbonyl (C=O) groups excluding carboxylic acids is 1. The maximum atomic E-state index is 12.9. The van der Waals surface area contributed by atoms with Crippen LogP contribution in [0.5, 0.6) is 5.75 Å². The molecule has 0 aliphatic heterocycles. The third-order valence-electron chi connectivity index (χ3n) is 5.16. The second-order valence-corrected chi connectivity index (χ2v) is 8.65. The molecule has 3 aromatic carbocycles. The van der Waals surface area contributed by atoms with Crippen molar-refractivity contribution in [2.24, 2.45) is 0 Å². The molecule has 0 aliphatic rings. The number of oxazole rings is 1. The Morgan fingerprint density at radius 2 is 1.84 bits per heavy atom. The van der Waals surface area contributed by atoms with Gasteiger partial charge in [0.15, 0.2) is 5.58 Å². The van der Waals surface area contributed by atoms with Gasteiger partial charge in [-0.25, -0.2) is 4.98 Å². The average molecular weight is 479 g/mol. The Labute approximate surface area is 189 Å². The third-order valence-corrected chi connectivity index (χ3v) is 5.62. The zero-order valence-corrected chi connectivity index (χ0v) is 19.4. The molecule has 158 valence electrons. The number of hydrogen-bond acceptors (Lipinski definition) is 4. The van der Waals surface area contributed by atoms with Gasteiger partial charge in [0.05, 0.1) is 12.7 Å². The molecule has 1 heterocycles. The Morgan fingerprint density at radius 3 is 2.52 bits per heavy atom. The second kappa shape index (κ2) is 8.55. The summed E-state index contributed by atoms with van der Waals surface area (Å²) < 4.78 is 12.2. The number of aryl methyl sites for hydroxylation is 1. The van der Waals surface area contributed by atoms with E-state index in [1.165, 1.54) is 5.56 Å². The zero-order valence-electron chi connectivity index (χ0n) is 17.8. The fourth-order valence-corrected chi connectivity index (χ4v) is 4.08. The zero-order chi connectivity index (χ0) is 22.1.